The maximum absolute atomic E-state index is 7.40. The third-order valence-corrected chi connectivity index (χ3v) is 1.70. The molecule has 0 aromatic heterocycles. The highest BCUT2D eigenvalue weighted by atomic mass is 16.5. The van der Waals surface area contributed by atoms with Crippen LogP contribution in [0.1, 0.15) is 26.7 Å². The highest BCUT2D eigenvalue weighted by Gasteiger charge is 2.03. The minimum absolute atomic E-state index is 0.445. The molecule has 0 spiro atoms. The second kappa shape index (κ2) is 3.42. The van der Waals surface area contributed by atoms with Crippen LogP contribution in [-0.4, -0.2) is 7.11 Å². The van der Waals surface area contributed by atoms with Gasteiger partial charge in [-0.05, 0) is 17.5 Å². The van der Waals surface area contributed by atoms with Crippen LogP contribution in [0.4, 0.5) is 0 Å². The van der Waals surface area contributed by atoms with Crippen molar-refractivity contribution in [2.75, 3.05) is 7.11 Å². The van der Waals surface area contributed by atoms with Crippen LogP contribution in [0.5, 0.6) is 5.75 Å². The van der Waals surface area contributed by atoms with Crippen LogP contribution in [0, 0.1) is 0 Å². The number of para-hydroxylation sites is 1. The van der Waals surface area contributed by atoms with Crippen molar-refractivity contribution in [2.45, 2.75) is 19.8 Å². The summed E-state index contributed by atoms with van der Waals surface area (Å²) in [6.07, 6.45) is 0. The van der Waals surface area contributed by atoms with E-state index in [1.54, 1.807) is 19.2 Å². The van der Waals surface area contributed by atoms with Gasteiger partial charge in [0.05, 0.1) is 8.48 Å². The summed E-state index contributed by atoms with van der Waals surface area (Å²) in [4.78, 5) is 0. The summed E-state index contributed by atoms with van der Waals surface area (Å²) in [6, 6.07) is 5.98. The average Bonchev–Trinajstić information content (AvgIpc) is 2.03. The zero-order valence-corrected chi connectivity index (χ0v) is 7.22. The molecule has 60 valence electrons. The number of rotatable bonds is 2. The topological polar surface area (TPSA) is 9.23 Å². The summed E-state index contributed by atoms with van der Waals surface area (Å²) in [7, 11) is 1.64. The van der Waals surface area contributed by atoms with Gasteiger partial charge in [0.1, 0.15) is 5.75 Å². The smallest absolute Gasteiger partial charge is 0.122 e. The molecule has 0 bridgehead atoms. The molecule has 1 nitrogen and oxygen atoms in total. The van der Waals surface area contributed by atoms with E-state index in [2.05, 4.69) is 13.8 Å². The zero-order chi connectivity index (χ0) is 9.14. The molecule has 0 unspecified atom stereocenters. The van der Waals surface area contributed by atoms with Crippen LogP contribution in [-0.2, 0) is 0 Å². The van der Waals surface area contributed by atoms with Crippen molar-refractivity contribution < 1.29 is 6.11 Å². The normalized spacial score (nSPS) is 11.5. The van der Waals surface area contributed by atoms with Crippen LogP contribution < -0.4 is 4.74 Å². The predicted molar refractivity (Wildman–Crippen MR) is 47.1 cm³/mol. The highest BCUT2D eigenvalue weighted by molar-refractivity contribution is 5.35. The van der Waals surface area contributed by atoms with Crippen molar-refractivity contribution in [3.63, 3.8) is 0 Å². The van der Waals surface area contributed by atoms with Gasteiger partial charge in [0.15, 0.2) is 0 Å². The van der Waals surface area contributed by atoms with Gasteiger partial charge in [0.25, 0.3) is 0 Å². The minimum atomic E-state index is 0.445. The third-order valence-electron chi connectivity index (χ3n) is 1.70. The molecule has 0 radical (unpaired) electrons. The molecular formula is C10H14O. The number of benzene rings is 1. The number of hydrogen-bond acceptors (Lipinski definition) is 1. The van der Waals surface area contributed by atoms with E-state index in [9.17, 15) is 0 Å². The monoisotopic (exact) mass is 151 g/mol. The lowest BCUT2D eigenvalue weighted by Crippen LogP contribution is -1.92. The second-order valence-electron chi connectivity index (χ2n) is 2.82. The summed E-state index contributed by atoms with van der Waals surface area (Å²) in [5.74, 6) is 1.26. The Labute approximate surface area is 69.4 Å². The van der Waals surface area contributed by atoms with E-state index in [4.69, 9.17) is 6.11 Å². The standard InChI is InChI=1S/C10H14O/c1-8(2)9-6-4-5-7-10(9)11-3/h4-8H,1-3H3/i5D. The Kier molecular flexibility index (Phi) is 2.09. The molecule has 0 heterocycles. The molecule has 0 aliphatic heterocycles. The van der Waals surface area contributed by atoms with Gasteiger partial charge in [-0.15, -0.1) is 0 Å². The SMILES string of the molecule is [2H]c1ccc(C(C)C)c(OC)c1. The molecule has 0 saturated heterocycles. The van der Waals surface area contributed by atoms with Gasteiger partial charge in [-0.3, -0.25) is 0 Å². The van der Waals surface area contributed by atoms with Gasteiger partial charge in [-0.25, -0.2) is 0 Å². The summed E-state index contributed by atoms with van der Waals surface area (Å²) >= 11 is 0. The van der Waals surface area contributed by atoms with Crippen molar-refractivity contribution in [1.29, 1.82) is 0 Å². The molecule has 11 heavy (non-hydrogen) atoms. The van der Waals surface area contributed by atoms with E-state index in [1.165, 1.54) is 0 Å². The lowest BCUT2D eigenvalue weighted by molar-refractivity contribution is 0.407. The van der Waals surface area contributed by atoms with Crippen LogP contribution in [0.3, 0.4) is 0 Å². The van der Waals surface area contributed by atoms with Crippen LogP contribution in [0.15, 0.2) is 24.2 Å². The first-order chi connectivity index (χ1) is 5.65. The Morgan fingerprint density at radius 2 is 2.18 bits per heavy atom. The quantitative estimate of drug-likeness (QED) is 0.631. The van der Waals surface area contributed by atoms with Crippen molar-refractivity contribution in [3.05, 3.63) is 29.8 Å². The Balaban J connectivity index is 3.11. The molecule has 1 aromatic carbocycles. The van der Waals surface area contributed by atoms with Gasteiger partial charge in [0.2, 0.25) is 0 Å². The fourth-order valence-corrected chi connectivity index (χ4v) is 1.08. The fraction of sp³-hybridized carbons (Fsp3) is 0.400. The molecule has 0 amide bonds. The van der Waals surface area contributed by atoms with Gasteiger partial charge in [0, 0.05) is 0 Å². The summed E-state index contributed by atoms with van der Waals surface area (Å²) in [5.41, 5.74) is 1.16. The molecule has 1 aromatic rings. The maximum Gasteiger partial charge on any atom is 0.122 e. The maximum atomic E-state index is 7.40. The molecule has 0 atom stereocenters. The highest BCUT2D eigenvalue weighted by Crippen LogP contribution is 2.24. The van der Waals surface area contributed by atoms with E-state index in [1.807, 2.05) is 6.07 Å². The molecule has 0 fully saturated rings. The lowest BCUT2D eigenvalue weighted by atomic mass is 10.0. The number of methoxy groups -OCH3 is 1. The van der Waals surface area contributed by atoms with E-state index < -0.39 is 0 Å². The number of ether oxygens (including phenoxy) is 1. The predicted octanol–water partition coefficient (Wildman–Crippen LogP) is 2.82. The van der Waals surface area contributed by atoms with Crippen LogP contribution in [0.2, 0.25) is 0 Å². The molecule has 1 heteroatoms. The second-order valence-corrected chi connectivity index (χ2v) is 2.82. The number of hydrogen-bond donors (Lipinski definition) is 0. The van der Waals surface area contributed by atoms with Crippen molar-refractivity contribution >= 4 is 0 Å². The molecule has 1 rings (SSSR count). The molecule has 0 saturated carbocycles. The molecule has 0 aliphatic rings. The van der Waals surface area contributed by atoms with Gasteiger partial charge in [-0.1, -0.05) is 32.0 Å². The first-order valence-corrected chi connectivity index (χ1v) is 3.79. The summed E-state index contributed by atoms with van der Waals surface area (Å²) in [5, 5.41) is 0. The Hall–Kier alpha value is -0.980. The van der Waals surface area contributed by atoms with Crippen molar-refractivity contribution in [1.82, 2.24) is 0 Å². The van der Waals surface area contributed by atoms with Crippen molar-refractivity contribution in [2.24, 2.45) is 0 Å². The average molecular weight is 151 g/mol. The van der Waals surface area contributed by atoms with E-state index in [0.717, 1.165) is 11.3 Å². The minimum Gasteiger partial charge on any atom is -0.496 e. The molecule has 0 N–H and O–H groups in total. The van der Waals surface area contributed by atoms with Crippen LogP contribution in [0.25, 0.3) is 0 Å². The van der Waals surface area contributed by atoms with Gasteiger partial charge in [-0.2, -0.15) is 0 Å². The van der Waals surface area contributed by atoms with Gasteiger partial charge >= 0.3 is 0 Å². The Morgan fingerprint density at radius 3 is 2.73 bits per heavy atom. The third kappa shape index (κ3) is 1.73. The van der Waals surface area contributed by atoms with Crippen LogP contribution >= 0.6 is 0 Å². The summed E-state index contributed by atoms with van der Waals surface area (Å²) in [6.45, 7) is 4.23. The summed E-state index contributed by atoms with van der Waals surface area (Å²) < 4.78 is 12.6. The van der Waals surface area contributed by atoms with E-state index in [-0.39, 0.29) is 0 Å². The Morgan fingerprint density at radius 1 is 1.45 bits per heavy atom. The first kappa shape index (κ1) is 6.71. The first-order valence-electron chi connectivity index (χ1n) is 4.29. The molecular weight excluding hydrogens is 136 g/mol. The van der Waals surface area contributed by atoms with Crippen molar-refractivity contribution in [3.8, 4) is 5.75 Å². The zero-order valence-electron chi connectivity index (χ0n) is 8.22. The largest absolute Gasteiger partial charge is 0.496 e. The fourth-order valence-electron chi connectivity index (χ4n) is 1.08. The Bertz CT molecular complexity index is 269. The molecule has 0 aliphatic carbocycles. The lowest BCUT2D eigenvalue weighted by Gasteiger charge is -2.10. The van der Waals surface area contributed by atoms with E-state index in [0.29, 0.717) is 12.0 Å². The van der Waals surface area contributed by atoms with Gasteiger partial charge < -0.3 is 4.74 Å². The van der Waals surface area contributed by atoms with E-state index >= 15 is 0 Å².